The topological polar surface area (TPSA) is 64.4 Å². The van der Waals surface area contributed by atoms with E-state index in [9.17, 15) is 9.59 Å². The zero-order chi connectivity index (χ0) is 15.4. The molecular formula is C16H19N3O2. The SMILES string of the molecule is Cc1cccc(N2CC(=O)N(CCCC#N)C(=O)C2)c1C. The summed E-state index contributed by atoms with van der Waals surface area (Å²) in [7, 11) is 0. The molecule has 0 atom stereocenters. The predicted octanol–water partition coefficient (Wildman–Crippen LogP) is 1.78. The fourth-order valence-corrected chi connectivity index (χ4v) is 2.51. The van der Waals surface area contributed by atoms with Crippen LogP contribution in [0.3, 0.4) is 0 Å². The highest BCUT2D eigenvalue weighted by Crippen LogP contribution is 2.24. The van der Waals surface area contributed by atoms with E-state index in [1.54, 1.807) is 0 Å². The molecule has 2 rings (SSSR count). The molecule has 1 aliphatic heterocycles. The molecule has 1 saturated heterocycles. The molecule has 110 valence electrons. The summed E-state index contributed by atoms with van der Waals surface area (Å²) in [6, 6.07) is 7.92. The lowest BCUT2D eigenvalue weighted by Crippen LogP contribution is -2.54. The number of unbranched alkanes of at least 4 members (excludes halogenated alkanes) is 1. The normalized spacial score (nSPS) is 15.3. The molecule has 1 aromatic rings. The van der Waals surface area contributed by atoms with E-state index >= 15 is 0 Å². The molecule has 21 heavy (non-hydrogen) atoms. The summed E-state index contributed by atoms with van der Waals surface area (Å²) in [6.45, 7) is 4.77. The van der Waals surface area contributed by atoms with Crippen LogP contribution in [0.4, 0.5) is 5.69 Å². The van der Waals surface area contributed by atoms with Crippen LogP contribution in [0.1, 0.15) is 24.0 Å². The third-order valence-electron chi connectivity index (χ3n) is 3.84. The second kappa shape index (κ2) is 6.40. The summed E-state index contributed by atoms with van der Waals surface area (Å²) >= 11 is 0. The Balaban J connectivity index is 2.11. The van der Waals surface area contributed by atoms with Gasteiger partial charge in [-0.1, -0.05) is 12.1 Å². The number of benzene rings is 1. The average molecular weight is 285 g/mol. The van der Waals surface area contributed by atoms with Crippen LogP contribution in [0.25, 0.3) is 0 Å². The van der Waals surface area contributed by atoms with Crippen molar-refractivity contribution >= 4 is 17.5 Å². The van der Waals surface area contributed by atoms with E-state index in [-0.39, 0.29) is 24.9 Å². The van der Waals surface area contributed by atoms with Crippen molar-refractivity contribution in [2.45, 2.75) is 26.7 Å². The maximum atomic E-state index is 12.2. The van der Waals surface area contributed by atoms with Gasteiger partial charge in [0.15, 0.2) is 0 Å². The lowest BCUT2D eigenvalue weighted by molar-refractivity contribution is -0.145. The van der Waals surface area contributed by atoms with Crippen LogP contribution in [0.2, 0.25) is 0 Å². The quantitative estimate of drug-likeness (QED) is 0.625. The van der Waals surface area contributed by atoms with E-state index in [1.807, 2.05) is 43.0 Å². The Morgan fingerprint density at radius 2 is 1.86 bits per heavy atom. The van der Waals surface area contributed by atoms with Gasteiger partial charge in [-0.15, -0.1) is 0 Å². The first kappa shape index (κ1) is 15.0. The average Bonchev–Trinajstić information content (AvgIpc) is 2.44. The van der Waals surface area contributed by atoms with Crippen LogP contribution >= 0.6 is 0 Å². The van der Waals surface area contributed by atoms with Gasteiger partial charge in [-0.05, 0) is 37.5 Å². The Hall–Kier alpha value is -2.35. The summed E-state index contributed by atoms with van der Waals surface area (Å²) < 4.78 is 0. The highest BCUT2D eigenvalue weighted by atomic mass is 16.2. The molecule has 0 aromatic heterocycles. The van der Waals surface area contributed by atoms with Crippen molar-refractivity contribution in [2.24, 2.45) is 0 Å². The number of carbonyl (C=O) groups is 2. The van der Waals surface area contributed by atoms with Gasteiger partial charge in [0.2, 0.25) is 11.8 Å². The van der Waals surface area contributed by atoms with Gasteiger partial charge in [-0.2, -0.15) is 5.26 Å². The minimum Gasteiger partial charge on any atom is -0.353 e. The lowest BCUT2D eigenvalue weighted by atomic mass is 10.1. The predicted molar refractivity (Wildman–Crippen MR) is 79.7 cm³/mol. The Labute approximate surface area is 124 Å². The van der Waals surface area contributed by atoms with Crippen molar-refractivity contribution in [3.63, 3.8) is 0 Å². The number of nitrogens with zero attached hydrogens (tertiary/aromatic N) is 3. The van der Waals surface area contributed by atoms with E-state index in [4.69, 9.17) is 5.26 Å². The molecule has 0 spiro atoms. The molecule has 1 aliphatic rings. The molecule has 0 radical (unpaired) electrons. The highest BCUT2D eigenvalue weighted by molar-refractivity contribution is 6.02. The molecule has 0 unspecified atom stereocenters. The summed E-state index contributed by atoms with van der Waals surface area (Å²) in [5.74, 6) is -0.379. The van der Waals surface area contributed by atoms with E-state index in [0.717, 1.165) is 16.8 Å². The number of aryl methyl sites for hydroxylation is 1. The van der Waals surface area contributed by atoms with Crippen molar-refractivity contribution < 1.29 is 9.59 Å². The van der Waals surface area contributed by atoms with Crippen LogP contribution in [-0.4, -0.2) is 36.3 Å². The number of piperazine rings is 1. The number of carbonyl (C=O) groups excluding carboxylic acids is 2. The summed E-state index contributed by atoms with van der Waals surface area (Å²) in [5.41, 5.74) is 3.17. The number of hydrogen-bond acceptors (Lipinski definition) is 4. The molecule has 0 N–H and O–H groups in total. The molecule has 5 heteroatoms. The molecular weight excluding hydrogens is 266 g/mol. The highest BCUT2D eigenvalue weighted by Gasteiger charge is 2.31. The Kier molecular flexibility index (Phi) is 4.59. The van der Waals surface area contributed by atoms with Gasteiger partial charge >= 0.3 is 0 Å². The van der Waals surface area contributed by atoms with Crippen molar-refractivity contribution in [3.05, 3.63) is 29.3 Å². The first-order chi connectivity index (χ1) is 10.0. The minimum absolute atomic E-state index is 0.190. The summed E-state index contributed by atoms with van der Waals surface area (Å²) in [5, 5.41) is 8.53. The van der Waals surface area contributed by atoms with Gasteiger partial charge in [0.1, 0.15) is 0 Å². The first-order valence-corrected chi connectivity index (χ1v) is 7.06. The van der Waals surface area contributed by atoms with Gasteiger partial charge in [-0.3, -0.25) is 14.5 Å². The molecule has 5 nitrogen and oxygen atoms in total. The van der Waals surface area contributed by atoms with Gasteiger partial charge < -0.3 is 4.90 Å². The second-order valence-electron chi connectivity index (χ2n) is 5.28. The van der Waals surface area contributed by atoms with Gasteiger partial charge in [0.05, 0.1) is 19.2 Å². The largest absolute Gasteiger partial charge is 0.353 e. The van der Waals surface area contributed by atoms with E-state index in [2.05, 4.69) is 0 Å². The summed E-state index contributed by atoms with van der Waals surface area (Å²) in [6.07, 6.45) is 0.898. The number of imide groups is 1. The van der Waals surface area contributed by atoms with Crippen molar-refractivity contribution in [1.82, 2.24) is 4.90 Å². The zero-order valence-electron chi connectivity index (χ0n) is 12.4. The first-order valence-electron chi connectivity index (χ1n) is 7.06. The maximum absolute atomic E-state index is 12.2. The third kappa shape index (κ3) is 3.22. The molecule has 0 saturated carbocycles. The lowest BCUT2D eigenvalue weighted by Gasteiger charge is -2.34. The van der Waals surface area contributed by atoms with E-state index in [0.29, 0.717) is 19.4 Å². The number of anilines is 1. The molecule has 2 amide bonds. The molecule has 1 fully saturated rings. The zero-order valence-corrected chi connectivity index (χ0v) is 12.4. The standard InChI is InChI=1S/C16H19N3O2/c1-12-6-5-7-14(13(12)2)18-10-15(20)19(16(21)11-18)9-4-3-8-17/h5-7H,3-4,9-11H2,1-2H3. The van der Waals surface area contributed by atoms with Gasteiger partial charge in [0.25, 0.3) is 0 Å². The summed E-state index contributed by atoms with van der Waals surface area (Å²) in [4.78, 5) is 27.4. The van der Waals surface area contributed by atoms with Crippen LogP contribution in [0.15, 0.2) is 18.2 Å². The maximum Gasteiger partial charge on any atom is 0.248 e. The Morgan fingerprint density at radius 1 is 1.19 bits per heavy atom. The fourth-order valence-electron chi connectivity index (χ4n) is 2.51. The second-order valence-corrected chi connectivity index (χ2v) is 5.28. The fraction of sp³-hybridized carbons (Fsp3) is 0.438. The molecule has 1 aromatic carbocycles. The number of rotatable bonds is 4. The minimum atomic E-state index is -0.190. The monoisotopic (exact) mass is 285 g/mol. The number of amides is 2. The Morgan fingerprint density at radius 3 is 2.48 bits per heavy atom. The van der Waals surface area contributed by atoms with E-state index in [1.165, 1.54) is 4.90 Å². The van der Waals surface area contributed by atoms with Crippen molar-refractivity contribution in [1.29, 1.82) is 5.26 Å². The molecule has 0 bridgehead atoms. The molecule has 0 aliphatic carbocycles. The van der Waals surface area contributed by atoms with Gasteiger partial charge in [-0.25, -0.2) is 0 Å². The van der Waals surface area contributed by atoms with Crippen molar-refractivity contribution in [3.8, 4) is 6.07 Å². The molecule has 1 heterocycles. The number of nitriles is 1. The Bertz CT molecular complexity index is 586. The van der Waals surface area contributed by atoms with Crippen molar-refractivity contribution in [2.75, 3.05) is 24.5 Å². The van der Waals surface area contributed by atoms with Crippen LogP contribution in [0, 0.1) is 25.2 Å². The van der Waals surface area contributed by atoms with Crippen LogP contribution in [-0.2, 0) is 9.59 Å². The smallest absolute Gasteiger partial charge is 0.248 e. The van der Waals surface area contributed by atoms with Crippen LogP contribution in [0.5, 0.6) is 0 Å². The third-order valence-corrected chi connectivity index (χ3v) is 3.84. The van der Waals surface area contributed by atoms with E-state index < -0.39 is 0 Å². The number of hydrogen-bond donors (Lipinski definition) is 0. The van der Waals surface area contributed by atoms with Gasteiger partial charge in [0, 0.05) is 18.7 Å². The van der Waals surface area contributed by atoms with Crippen LogP contribution < -0.4 is 4.90 Å².